The molecule has 0 unspecified atom stereocenters. The molecule has 0 atom stereocenters. The summed E-state index contributed by atoms with van der Waals surface area (Å²) >= 11 is 1.73. The summed E-state index contributed by atoms with van der Waals surface area (Å²) in [4.78, 5) is 15.2. The number of benzene rings is 2. The number of hydrogen-bond acceptors (Lipinski definition) is 7. The van der Waals surface area contributed by atoms with E-state index in [1.165, 1.54) is 43.6 Å². The number of methoxy groups -OCH3 is 1. The number of carbonyl (C=O) groups excluding carboxylic acids is 1. The minimum Gasteiger partial charge on any atom is -0.497 e. The minimum atomic E-state index is -0.404. The second kappa shape index (κ2) is 12.7. The van der Waals surface area contributed by atoms with E-state index in [1.807, 2.05) is 35.9 Å². The van der Waals surface area contributed by atoms with Crippen molar-refractivity contribution in [2.75, 3.05) is 31.7 Å². The Balaban J connectivity index is 1.24. The predicted octanol–water partition coefficient (Wildman–Crippen LogP) is 6.32. The maximum Gasteiger partial charge on any atom is 0.361 e. The second-order valence-electron chi connectivity index (χ2n) is 10.2. The highest BCUT2D eigenvalue weighted by molar-refractivity contribution is 7.99. The maximum atomic E-state index is 12.7. The molecule has 202 valence electrons. The van der Waals surface area contributed by atoms with Gasteiger partial charge in [-0.15, -0.1) is 16.9 Å². The highest BCUT2D eigenvalue weighted by Gasteiger charge is 2.28. The van der Waals surface area contributed by atoms with Crippen molar-refractivity contribution in [1.29, 1.82) is 0 Å². The Morgan fingerprint density at radius 3 is 2.34 bits per heavy atom. The molecule has 1 aliphatic heterocycles. The Morgan fingerprint density at radius 2 is 1.68 bits per heavy atom. The highest BCUT2D eigenvalue weighted by atomic mass is 32.2. The van der Waals surface area contributed by atoms with Crippen LogP contribution in [-0.4, -0.2) is 53.0 Å². The molecule has 2 heterocycles. The SMILES string of the molecule is CCOC(=O)c1nnn(Cc2ccc(OC)cc2)c1SC1CCC(c2ccc(N3CCCCC3)cc2)CC1. The molecule has 0 N–H and O–H groups in total. The lowest BCUT2D eigenvalue weighted by molar-refractivity contribution is 0.0515. The molecule has 7 nitrogen and oxygen atoms in total. The van der Waals surface area contributed by atoms with Crippen molar-refractivity contribution in [1.82, 2.24) is 15.0 Å². The molecule has 1 saturated heterocycles. The molecule has 0 amide bonds. The summed E-state index contributed by atoms with van der Waals surface area (Å²) in [6.07, 6.45) is 8.45. The summed E-state index contributed by atoms with van der Waals surface area (Å²) in [6, 6.07) is 17.2. The first-order chi connectivity index (χ1) is 18.6. The number of piperidine rings is 1. The van der Waals surface area contributed by atoms with Gasteiger partial charge < -0.3 is 14.4 Å². The van der Waals surface area contributed by atoms with Crippen LogP contribution in [0.2, 0.25) is 0 Å². The van der Waals surface area contributed by atoms with Crippen LogP contribution in [0, 0.1) is 0 Å². The van der Waals surface area contributed by atoms with Crippen LogP contribution in [-0.2, 0) is 11.3 Å². The fourth-order valence-corrected chi connectivity index (χ4v) is 6.82. The third-order valence-electron chi connectivity index (χ3n) is 7.69. The summed E-state index contributed by atoms with van der Waals surface area (Å²) in [5.41, 5.74) is 4.21. The van der Waals surface area contributed by atoms with Crippen molar-refractivity contribution in [3.8, 4) is 5.75 Å². The molecule has 0 spiro atoms. The zero-order chi connectivity index (χ0) is 26.3. The Kier molecular flexibility index (Phi) is 8.89. The van der Waals surface area contributed by atoms with E-state index >= 15 is 0 Å². The van der Waals surface area contributed by atoms with Crippen LogP contribution in [0.5, 0.6) is 5.75 Å². The van der Waals surface area contributed by atoms with Gasteiger partial charge in [-0.2, -0.15) is 0 Å². The van der Waals surface area contributed by atoms with Gasteiger partial charge in [0.05, 0.1) is 20.3 Å². The first-order valence-corrected chi connectivity index (χ1v) is 14.8. The standard InChI is InChI=1S/C30H38N4O3S/c1-3-37-30(35)28-29(34(32-31-28)21-22-7-15-26(36-2)16-8-22)38-27-17-11-24(12-18-27)23-9-13-25(14-10-23)33-19-5-4-6-20-33/h7-10,13-16,24,27H,3-6,11-12,17-21H2,1-2H3. The fourth-order valence-electron chi connectivity index (χ4n) is 5.54. The van der Waals surface area contributed by atoms with E-state index in [1.54, 1.807) is 18.9 Å². The van der Waals surface area contributed by atoms with Crippen molar-refractivity contribution in [2.24, 2.45) is 0 Å². The van der Waals surface area contributed by atoms with Gasteiger partial charge in [0, 0.05) is 24.0 Å². The van der Waals surface area contributed by atoms with Gasteiger partial charge in [0.25, 0.3) is 0 Å². The topological polar surface area (TPSA) is 69.5 Å². The lowest BCUT2D eigenvalue weighted by Gasteiger charge is -2.30. The number of esters is 1. The molecule has 2 fully saturated rings. The average molecular weight is 535 g/mol. The van der Waals surface area contributed by atoms with Gasteiger partial charge >= 0.3 is 5.97 Å². The smallest absolute Gasteiger partial charge is 0.361 e. The van der Waals surface area contributed by atoms with E-state index in [4.69, 9.17) is 9.47 Å². The minimum absolute atomic E-state index is 0.315. The molecular weight excluding hydrogens is 496 g/mol. The number of rotatable bonds is 9. The molecular formula is C30H38N4O3S. The maximum absolute atomic E-state index is 12.7. The number of aromatic nitrogens is 3. The number of carbonyl (C=O) groups is 1. The summed E-state index contributed by atoms with van der Waals surface area (Å²) in [5, 5.41) is 9.79. The van der Waals surface area contributed by atoms with Crippen LogP contribution in [0.15, 0.2) is 53.6 Å². The van der Waals surface area contributed by atoms with Crippen LogP contribution in [0.4, 0.5) is 5.69 Å². The van der Waals surface area contributed by atoms with Crippen LogP contribution < -0.4 is 9.64 Å². The molecule has 1 saturated carbocycles. The van der Waals surface area contributed by atoms with E-state index < -0.39 is 5.97 Å². The summed E-state index contributed by atoms with van der Waals surface area (Å²) < 4.78 is 12.4. The largest absolute Gasteiger partial charge is 0.497 e. The summed E-state index contributed by atoms with van der Waals surface area (Å²) in [6.45, 7) is 5.03. The van der Waals surface area contributed by atoms with Crippen molar-refractivity contribution in [2.45, 2.75) is 74.6 Å². The van der Waals surface area contributed by atoms with Gasteiger partial charge in [-0.05, 0) is 93.2 Å². The number of anilines is 1. The quantitative estimate of drug-likeness (QED) is 0.298. The van der Waals surface area contributed by atoms with Gasteiger partial charge in [0.1, 0.15) is 10.8 Å². The third-order valence-corrected chi connectivity index (χ3v) is 9.12. The molecule has 0 radical (unpaired) electrons. The van der Waals surface area contributed by atoms with Gasteiger partial charge in [-0.25, -0.2) is 9.48 Å². The first-order valence-electron chi connectivity index (χ1n) is 13.9. The molecule has 1 aromatic heterocycles. The van der Waals surface area contributed by atoms with Gasteiger partial charge in [0.15, 0.2) is 0 Å². The van der Waals surface area contributed by atoms with Crippen molar-refractivity contribution in [3.05, 3.63) is 65.4 Å². The Morgan fingerprint density at radius 1 is 0.974 bits per heavy atom. The van der Waals surface area contributed by atoms with E-state index in [0.29, 0.717) is 30.0 Å². The van der Waals surface area contributed by atoms with Crippen LogP contribution in [0.3, 0.4) is 0 Å². The predicted molar refractivity (Wildman–Crippen MR) is 151 cm³/mol. The number of nitrogens with zero attached hydrogens (tertiary/aromatic N) is 4. The Hall–Kier alpha value is -3.00. The molecule has 1 aliphatic carbocycles. The molecule has 8 heteroatoms. The molecule has 2 aromatic carbocycles. The van der Waals surface area contributed by atoms with Gasteiger partial charge in [-0.3, -0.25) is 0 Å². The number of thioether (sulfide) groups is 1. The summed E-state index contributed by atoms with van der Waals surface area (Å²) in [5.74, 6) is 1.000. The third kappa shape index (κ3) is 6.34. The van der Waals surface area contributed by atoms with Crippen molar-refractivity contribution in [3.63, 3.8) is 0 Å². The average Bonchev–Trinajstić information content (AvgIpc) is 3.36. The number of ether oxygens (including phenoxy) is 2. The van der Waals surface area contributed by atoms with E-state index in [2.05, 4.69) is 39.5 Å². The van der Waals surface area contributed by atoms with Gasteiger partial charge in [0.2, 0.25) is 5.69 Å². The lowest BCUT2D eigenvalue weighted by atomic mass is 9.84. The molecule has 0 bridgehead atoms. The normalized spacial score (nSPS) is 19.8. The zero-order valence-electron chi connectivity index (χ0n) is 22.5. The van der Waals surface area contributed by atoms with Gasteiger partial charge in [-0.1, -0.05) is 29.5 Å². The lowest BCUT2D eigenvalue weighted by Crippen LogP contribution is -2.29. The fraction of sp³-hybridized carbons (Fsp3) is 0.500. The highest BCUT2D eigenvalue weighted by Crippen LogP contribution is 2.41. The number of hydrogen-bond donors (Lipinski definition) is 0. The summed E-state index contributed by atoms with van der Waals surface area (Å²) in [7, 11) is 1.66. The first kappa shape index (κ1) is 26.6. The second-order valence-corrected chi connectivity index (χ2v) is 11.5. The molecule has 2 aliphatic rings. The van der Waals surface area contributed by atoms with Crippen molar-refractivity contribution >= 4 is 23.4 Å². The zero-order valence-corrected chi connectivity index (χ0v) is 23.3. The van der Waals surface area contributed by atoms with Crippen LogP contribution in [0.25, 0.3) is 0 Å². The van der Waals surface area contributed by atoms with Crippen LogP contribution >= 0.6 is 11.8 Å². The van der Waals surface area contributed by atoms with E-state index in [-0.39, 0.29) is 0 Å². The van der Waals surface area contributed by atoms with E-state index in [0.717, 1.165) is 42.0 Å². The van der Waals surface area contributed by atoms with Crippen molar-refractivity contribution < 1.29 is 14.3 Å². The van der Waals surface area contributed by atoms with Crippen LogP contribution in [0.1, 0.15) is 79.4 Å². The Labute approximate surface area is 229 Å². The van der Waals surface area contributed by atoms with E-state index in [9.17, 15) is 4.79 Å². The monoisotopic (exact) mass is 534 g/mol. The molecule has 5 rings (SSSR count). The Bertz CT molecular complexity index is 1180. The molecule has 38 heavy (non-hydrogen) atoms. The molecule has 3 aromatic rings.